The molecule has 2 aromatic rings. The van der Waals surface area contributed by atoms with E-state index in [1.807, 2.05) is 30.3 Å². The van der Waals surface area contributed by atoms with Crippen molar-refractivity contribution in [1.82, 2.24) is 9.78 Å². The van der Waals surface area contributed by atoms with Crippen molar-refractivity contribution in [3.05, 3.63) is 42.1 Å². The van der Waals surface area contributed by atoms with Crippen LogP contribution < -0.4 is 0 Å². The molecule has 5 nitrogen and oxygen atoms in total. The van der Waals surface area contributed by atoms with E-state index in [4.69, 9.17) is 0 Å². The summed E-state index contributed by atoms with van der Waals surface area (Å²) in [6.45, 7) is 0. The molecular formula is C13H14N2O3. The number of aromatic nitrogens is 2. The molecule has 1 aromatic carbocycles. The van der Waals surface area contributed by atoms with E-state index in [1.54, 1.807) is 13.1 Å². The van der Waals surface area contributed by atoms with Gasteiger partial charge in [0.15, 0.2) is 6.10 Å². The van der Waals surface area contributed by atoms with E-state index in [-0.39, 0.29) is 0 Å². The second kappa shape index (κ2) is 5.01. The van der Waals surface area contributed by atoms with Gasteiger partial charge in [0.1, 0.15) is 0 Å². The van der Waals surface area contributed by atoms with Gasteiger partial charge in [-0.2, -0.15) is 5.10 Å². The van der Waals surface area contributed by atoms with Crippen LogP contribution in [0.2, 0.25) is 0 Å². The lowest BCUT2D eigenvalue weighted by Gasteiger charge is -2.07. The van der Waals surface area contributed by atoms with Crippen LogP contribution in [0.3, 0.4) is 0 Å². The molecule has 0 amide bonds. The minimum atomic E-state index is -1.31. The Bertz CT molecular complexity index is 549. The molecule has 0 radical (unpaired) electrons. The highest BCUT2D eigenvalue weighted by molar-refractivity contribution is 5.76. The summed E-state index contributed by atoms with van der Waals surface area (Å²) in [6.07, 6.45) is -1.31. The van der Waals surface area contributed by atoms with Crippen LogP contribution in [0.1, 0.15) is 11.8 Å². The Kier molecular flexibility index (Phi) is 3.43. The predicted molar refractivity (Wildman–Crippen MR) is 65.6 cm³/mol. The van der Waals surface area contributed by atoms with E-state index in [0.717, 1.165) is 5.56 Å². The Hall–Kier alpha value is -2.14. The Balaban J connectivity index is 2.36. The van der Waals surface area contributed by atoms with E-state index >= 15 is 0 Å². The number of ether oxygens (including phenoxy) is 1. The minimum absolute atomic E-state index is 0.403. The number of carbonyl (C=O) groups is 1. The van der Waals surface area contributed by atoms with Gasteiger partial charge in [-0.25, -0.2) is 4.79 Å². The number of aliphatic hydroxyl groups is 1. The smallest absolute Gasteiger partial charge is 0.341 e. The maximum atomic E-state index is 11.3. The van der Waals surface area contributed by atoms with Gasteiger partial charge in [0, 0.05) is 12.6 Å². The molecule has 0 bridgehead atoms. The van der Waals surface area contributed by atoms with Crippen LogP contribution in [0.4, 0.5) is 0 Å². The third-order valence-corrected chi connectivity index (χ3v) is 2.69. The number of benzene rings is 1. The molecule has 0 aliphatic carbocycles. The second-order valence-electron chi connectivity index (χ2n) is 3.87. The lowest BCUT2D eigenvalue weighted by molar-refractivity contribution is -0.151. The summed E-state index contributed by atoms with van der Waals surface area (Å²) in [4.78, 5) is 11.3. The molecule has 1 unspecified atom stereocenters. The molecule has 94 valence electrons. The number of methoxy groups -OCH3 is 1. The lowest BCUT2D eigenvalue weighted by atomic mass is 10.1. The first-order valence-electron chi connectivity index (χ1n) is 5.48. The average Bonchev–Trinajstić information content (AvgIpc) is 2.80. The Labute approximate surface area is 105 Å². The van der Waals surface area contributed by atoms with Crippen molar-refractivity contribution in [3.8, 4) is 11.3 Å². The molecular weight excluding hydrogens is 232 g/mol. The standard InChI is InChI=1S/C13H14N2O3/c1-15-11(12(16)13(17)18-2)8-10(14-15)9-6-4-3-5-7-9/h3-8,12,16H,1-2H3. The van der Waals surface area contributed by atoms with Gasteiger partial charge in [-0.15, -0.1) is 0 Å². The Morgan fingerprint density at radius 2 is 2.06 bits per heavy atom. The van der Waals surface area contributed by atoms with Gasteiger partial charge in [-0.05, 0) is 6.07 Å². The minimum Gasteiger partial charge on any atom is -0.467 e. The molecule has 18 heavy (non-hydrogen) atoms. The fourth-order valence-corrected chi connectivity index (χ4v) is 1.72. The van der Waals surface area contributed by atoms with Gasteiger partial charge in [-0.1, -0.05) is 30.3 Å². The summed E-state index contributed by atoms with van der Waals surface area (Å²) in [5.41, 5.74) is 2.04. The van der Waals surface area contributed by atoms with Crippen LogP contribution >= 0.6 is 0 Å². The van der Waals surface area contributed by atoms with Crippen LogP contribution in [0, 0.1) is 0 Å². The van der Waals surface area contributed by atoms with E-state index in [1.165, 1.54) is 11.8 Å². The highest BCUT2D eigenvalue weighted by atomic mass is 16.5. The first-order valence-corrected chi connectivity index (χ1v) is 5.48. The first kappa shape index (κ1) is 12.3. The van der Waals surface area contributed by atoms with Crippen molar-refractivity contribution in [2.24, 2.45) is 7.05 Å². The third kappa shape index (κ3) is 2.26. The Morgan fingerprint density at radius 3 is 2.67 bits per heavy atom. The maximum absolute atomic E-state index is 11.3. The highest BCUT2D eigenvalue weighted by Crippen LogP contribution is 2.22. The Morgan fingerprint density at radius 1 is 1.39 bits per heavy atom. The number of hydrogen-bond donors (Lipinski definition) is 1. The van der Waals surface area contributed by atoms with Gasteiger partial charge in [0.25, 0.3) is 0 Å². The van der Waals surface area contributed by atoms with Crippen molar-refractivity contribution in [1.29, 1.82) is 0 Å². The zero-order chi connectivity index (χ0) is 13.1. The zero-order valence-electron chi connectivity index (χ0n) is 10.2. The second-order valence-corrected chi connectivity index (χ2v) is 3.87. The largest absolute Gasteiger partial charge is 0.467 e. The van der Waals surface area contributed by atoms with Crippen molar-refractivity contribution >= 4 is 5.97 Å². The SMILES string of the molecule is COC(=O)C(O)c1cc(-c2ccccc2)nn1C. The van der Waals surface area contributed by atoms with E-state index in [9.17, 15) is 9.90 Å². The molecule has 1 N–H and O–H groups in total. The van der Waals surface area contributed by atoms with E-state index < -0.39 is 12.1 Å². The van der Waals surface area contributed by atoms with Gasteiger partial charge in [0.05, 0.1) is 18.5 Å². The highest BCUT2D eigenvalue weighted by Gasteiger charge is 2.22. The number of hydrogen-bond acceptors (Lipinski definition) is 4. The van der Waals surface area contributed by atoms with Crippen molar-refractivity contribution < 1.29 is 14.6 Å². The molecule has 0 spiro atoms. The van der Waals surface area contributed by atoms with Crippen LogP contribution in [-0.2, 0) is 16.6 Å². The summed E-state index contributed by atoms with van der Waals surface area (Å²) < 4.78 is 5.98. The van der Waals surface area contributed by atoms with Crippen molar-refractivity contribution in [2.45, 2.75) is 6.10 Å². The van der Waals surface area contributed by atoms with Crippen LogP contribution in [0.5, 0.6) is 0 Å². The molecule has 1 aromatic heterocycles. The average molecular weight is 246 g/mol. The number of nitrogens with zero attached hydrogens (tertiary/aromatic N) is 2. The molecule has 0 saturated heterocycles. The summed E-state index contributed by atoms with van der Waals surface area (Å²) in [5, 5.41) is 14.1. The maximum Gasteiger partial charge on any atom is 0.341 e. The normalized spacial score (nSPS) is 12.2. The third-order valence-electron chi connectivity index (χ3n) is 2.69. The number of rotatable bonds is 3. The van der Waals surface area contributed by atoms with Crippen molar-refractivity contribution in [2.75, 3.05) is 7.11 Å². The van der Waals surface area contributed by atoms with Gasteiger partial charge in [0.2, 0.25) is 0 Å². The number of aliphatic hydroxyl groups excluding tert-OH is 1. The predicted octanol–water partition coefficient (Wildman–Crippen LogP) is 1.29. The lowest BCUT2D eigenvalue weighted by Crippen LogP contribution is -2.16. The summed E-state index contributed by atoms with van der Waals surface area (Å²) in [7, 11) is 2.91. The summed E-state index contributed by atoms with van der Waals surface area (Å²) in [6, 6.07) is 11.2. The molecule has 0 aliphatic heterocycles. The number of carbonyl (C=O) groups excluding carboxylic acids is 1. The monoisotopic (exact) mass is 246 g/mol. The molecule has 0 fully saturated rings. The fourth-order valence-electron chi connectivity index (χ4n) is 1.72. The van der Waals surface area contributed by atoms with Gasteiger partial charge < -0.3 is 9.84 Å². The summed E-state index contributed by atoms with van der Waals surface area (Å²) >= 11 is 0. The van der Waals surface area contributed by atoms with E-state index in [2.05, 4.69) is 9.84 Å². The fraction of sp³-hybridized carbons (Fsp3) is 0.231. The topological polar surface area (TPSA) is 64.3 Å². The molecule has 1 atom stereocenters. The number of aryl methyl sites for hydroxylation is 1. The zero-order valence-corrected chi connectivity index (χ0v) is 10.2. The van der Waals surface area contributed by atoms with Crippen LogP contribution in [0.15, 0.2) is 36.4 Å². The molecule has 1 heterocycles. The molecule has 0 aliphatic rings. The van der Waals surface area contributed by atoms with E-state index in [0.29, 0.717) is 11.4 Å². The van der Waals surface area contributed by atoms with Crippen LogP contribution in [0.25, 0.3) is 11.3 Å². The van der Waals surface area contributed by atoms with Crippen LogP contribution in [-0.4, -0.2) is 28.0 Å². The summed E-state index contributed by atoms with van der Waals surface area (Å²) in [5.74, 6) is -0.697. The molecule has 0 saturated carbocycles. The van der Waals surface area contributed by atoms with Crippen molar-refractivity contribution in [3.63, 3.8) is 0 Å². The number of esters is 1. The van der Waals surface area contributed by atoms with Gasteiger partial charge >= 0.3 is 5.97 Å². The molecule has 5 heteroatoms. The first-order chi connectivity index (χ1) is 8.63. The van der Waals surface area contributed by atoms with Gasteiger partial charge in [-0.3, -0.25) is 4.68 Å². The quantitative estimate of drug-likeness (QED) is 0.829. The molecule has 2 rings (SSSR count).